The number of nitrogens with one attached hydrogen (secondary N) is 1. The molecule has 3 N–H and O–H groups in total. The highest BCUT2D eigenvalue weighted by Crippen LogP contribution is 2.08. The van der Waals surface area contributed by atoms with Gasteiger partial charge in [0.25, 0.3) is 0 Å². The van der Waals surface area contributed by atoms with Crippen LogP contribution in [0.2, 0.25) is 0 Å². The van der Waals surface area contributed by atoms with Crippen LogP contribution >= 0.6 is 0 Å². The van der Waals surface area contributed by atoms with Crippen LogP contribution in [0, 0.1) is 0 Å². The lowest BCUT2D eigenvalue weighted by Crippen LogP contribution is -2.28. The van der Waals surface area contributed by atoms with Crippen LogP contribution in [0.15, 0.2) is 24.5 Å². The average molecular weight is 179 g/mol. The van der Waals surface area contributed by atoms with Gasteiger partial charge >= 0.3 is 0 Å². The molecular weight excluding hydrogens is 162 g/mol. The molecule has 0 spiro atoms. The van der Waals surface area contributed by atoms with Gasteiger partial charge < -0.3 is 11.1 Å². The van der Waals surface area contributed by atoms with Crippen LogP contribution in [-0.2, 0) is 0 Å². The van der Waals surface area contributed by atoms with E-state index >= 15 is 0 Å². The van der Waals surface area contributed by atoms with Crippen molar-refractivity contribution in [1.82, 2.24) is 10.3 Å². The standard InChI is InChI=1S/C10H17N3/c1-2-5-13-10(7-11)9-4-3-6-12-8-9/h3-4,6,8,10,13H,2,5,7,11H2,1H3. The molecule has 1 heterocycles. The normalized spacial score (nSPS) is 12.8. The molecule has 0 bridgehead atoms. The predicted molar refractivity (Wildman–Crippen MR) is 54.3 cm³/mol. The number of aromatic nitrogens is 1. The molecule has 0 saturated carbocycles. The molecule has 13 heavy (non-hydrogen) atoms. The minimum absolute atomic E-state index is 0.244. The summed E-state index contributed by atoms with van der Waals surface area (Å²) in [7, 11) is 0. The highest BCUT2D eigenvalue weighted by atomic mass is 14.9. The number of hydrogen-bond acceptors (Lipinski definition) is 3. The van der Waals surface area contributed by atoms with Gasteiger partial charge in [-0.1, -0.05) is 13.0 Å². The monoisotopic (exact) mass is 179 g/mol. The zero-order chi connectivity index (χ0) is 9.52. The summed E-state index contributed by atoms with van der Waals surface area (Å²) in [4.78, 5) is 4.07. The van der Waals surface area contributed by atoms with E-state index in [2.05, 4.69) is 17.2 Å². The van der Waals surface area contributed by atoms with Gasteiger partial charge in [0.05, 0.1) is 0 Å². The minimum Gasteiger partial charge on any atom is -0.329 e. The molecule has 0 aliphatic carbocycles. The molecule has 1 aromatic heterocycles. The van der Waals surface area contributed by atoms with Crippen LogP contribution < -0.4 is 11.1 Å². The number of nitrogens with two attached hydrogens (primary N) is 1. The quantitative estimate of drug-likeness (QED) is 0.711. The number of hydrogen-bond donors (Lipinski definition) is 2. The molecule has 3 heteroatoms. The SMILES string of the molecule is CCCNC(CN)c1cccnc1. The van der Waals surface area contributed by atoms with Gasteiger partial charge in [-0.15, -0.1) is 0 Å². The van der Waals surface area contributed by atoms with Gasteiger partial charge in [0.1, 0.15) is 0 Å². The topological polar surface area (TPSA) is 50.9 Å². The molecule has 0 amide bonds. The highest BCUT2D eigenvalue weighted by Gasteiger charge is 2.06. The van der Waals surface area contributed by atoms with Crippen LogP contribution in [0.1, 0.15) is 24.9 Å². The third-order valence-electron chi connectivity index (χ3n) is 1.96. The summed E-state index contributed by atoms with van der Waals surface area (Å²) in [5, 5.41) is 3.37. The Bertz CT molecular complexity index is 223. The van der Waals surface area contributed by atoms with Crippen molar-refractivity contribution in [3.63, 3.8) is 0 Å². The van der Waals surface area contributed by atoms with E-state index in [4.69, 9.17) is 5.73 Å². The van der Waals surface area contributed by atoms with Crippen molar-refractivity contribution < 1.29 is 0 Å². The Labute approximate surface area is 79.4 Å². The van der Waals surface area contributed by atoms with Crippen molar-refractivity contribution in [1.29, 1.82) is 0 Å². The Morgan fingerprint density at radius 2 is 2.46 bits per heavy atom. The highest BCUT2D eigenvalue weighted by molar-refractivity contribution is 5.14. The third kappa shape index (κ3) is 3.13. The lowest BCUT2D eigenvalue weighted by molar-refractivity contribution is 0.539. The average Bonchev–Trinajstić information content (AvgIpc) is 2.21. The fraction of sp³-hybridized carbons (Fsp3) is 0.500. The second-order valence-corrected chi connectivity index (χ2v) is 3.03. The summed E-state index contributed by atoms with van der Waals surface area (Å²) < 4.78 is 0. The summed E-state index contributed by atoms with van der Waals surface area (Å²) >= 11 is 0. The molecule has 0 saturated heterocycles. The molecular formula is C10H17N3. The second kappa shape index (κ2) is 5.67. The third-order valence-corrected chi connectivity index (χ3v) is 1.96. The van der Waals surface area contributed by atoms with Gasteiger partial charge in [-0.25, -0.2) is 0 Å². The van der Waals surface area contributed by atoms with Gasteiger partial charge in [0.2, 0.25) is 0 Å². The molecule has 0 aromatic carbocycles. The summed E-state index contributed by atoms with van der Waals surface area (Å²) in [5.41, 5.74) is 6.82. The zero-order valence-electron chi connectivity index (χ0n) is 8.03. The Morgan fingerprint density at radius 3 is 3.00 bits per heavy atom. The summed E-state index contributed by atoms with van der Waals surface area (Å²) in [6.45, 7) is 3.76. The number of rotatable bonds is 5. The molecule has 0 aliphatic heterocycles. The maximum absolute atomic E-state index is 5.66. The molecule has 1 atom stereocenters. The van der Waals surface area contributed by atoms with Gasteiger partial charge in [0, 0.05) is 25.0 Å². The van der Waals surface area contributed by atoms with Crippen molar-refractivity contribution in [2.24, 2.45) is 5.73 Å². The molecule has 72 valence electrons. The molecule has 3 nitrogen and oxygen atoms in total. The second-order valence-electron chi connectivity index (χ2n) is 3.03. The molecule has 1 unspecified atom stereocenters. The lowest BCUT2D eigenvalue weighted by Gasteiger charge is -2.15. The van der Waals surface area contributed by atoms with Crippen molar-refractivity contribution in [2.75, 3.05) is 13.1 Å². The summed E-state index contributed by atoms with van der Waals surface area (Å²) in [6.07, 6.45) is 4.76. The van der Waals surface area contributed by atoms with Crippen LogP contribution in [0.25, 0.3) is 0 Å². The van der Waals surface area contributed by atoms with E-state index in [0.29, 0.717) is 6.54 Å². The minimum atomic E-state index is 0.244. The number of pyridine rings is 1. The fourth-order valence-corrected chi connectivity index (χ4v) is 1.24. The molecule has 1 rings (SSSR count). The van der Waals surface area contributed by atoms with Gasteiger partial charge in [0.15, 0.2) is 0 Å². The van der Waals surface area contributed by atoms with E-state index < -0.39 is 0 Å². The van der Waals surface area contributed by atoms with Crippen LogP contribution in [0.5, 0.6) is 0 Å². The van der Waals surface area contributed by atoms with Crippen molar-refractivity contribution in [2.45, 2.75) is 19.4 Å². The molecule has 0 aliphatic rings. The smallest absolute Gasteiger partial charge is 0.0459 e. The first-order valence-electron chi connectivity index (χ1n) is 4.71. The van der Waals surface area contributed by atoms with Crippen molar-refractivity contribution in [3.8, 4) is 0 Å². The Hall–Kier alpha value is -0.930. The van der Waals surface area contributed by atoms with Crippen LogP contribution in [0.3, 0.4) is 0 Å². The van der Waals surface area contributed by atoms with Gasteiger partial charge in [-0.05, 0) is 24.6 Å². The summed E-state index contributed by atoms with van der Waals surface area (Å²) in [6, 6.07) is 4.23. The van der Waals surface area contributed by atoms with E-state index in [1.165, 1.54) is 5.56 Å². The molecule has 0 radical (unpaired) electrons. The summed E-state index contributed by atoms with van der Waals surface area (Å²) in [5.74, 6) is 0. The van der Waals surface area contributed by atoms with E-state index in [0.717, 1.165) is 13.0 Å². The molecule has 0 fully saturated rings. The largest absolute Gasteiger partial charge is 0.329 e. The maximum atomic E-state index is 5.66. The van der Waals surface area contributed by atoms with Gasteiger partial charge in [-0.3, -0.25) is 4.98 Å². The predicted octanol–water partition coefficient (Wildman–Crippen LogP) is 1.08. The van der Waals surface area contributed by atoms with Crippen LogP contribution in [-0.4, -0.2) is 18.1 Å². The van der Waals surface area contributed by atoms with E-state index in [1.807, 2.05) is 18.3 Å². The van der Waals surface area contributed by atoms with Crippen LogP contribution in [0.4, 0.5) is 0 Å². The molecule has 1 aromatic rings. The van der Waals surface area contributed by atoms with Crippen molar-refractivity contribution in [3.05, 3.63) is 30.1 Å². The Balaban J connectivity index is 2.56. The Morgan fingerprint density at radius 1 is 1.62 bits per heavy atom. The first-order chi connectivity index (χ1) is 6.38. The first-order valence-corrected chi connectivity index (χ1v) is 4.71. The first kappa shape index (κ1) is 10.2. The van der Waals surface area contributed by atoms with Crippen molar-refractivity contribution >= 4 is 0 Å². The fourth-order valence-electron chi connectivity index (χ4n) is 1.24. The lowest BCUT2D eigenvalue weighted by atomic mass is 10.1. The van der Waals surface area contributed by atoms with Gasteiger partial charge in [-0.2, -0.15) is 0 Å². The van der Waals surface area contributed by atoms with E-state index in [9.17, 15) is 0 Å². The van der Waals surface area contributed by atoms with E-state index in [1.54, 1.807) is 6.20 Å². The Kier molecular flexibility index (Phi) is 4.43. The zero-order valence-corrected chi connectivity index (χ0v) is 8.03. The van der Waals surface area contributed by atoms with E-state index in [-0.39, 0.29) is 6.04 Å². The number of nitrogens with zero attached hydrogens (tertiary/aromatic N) is 1. The maximum Gasteiger partial charge on any atom is 0.0459 e.